The largest absolute Gasteiger partial charge is 0.362 e. The number of hydrogen-bond acceptors (Lipinski definition) is 4. The molecular weight excluding hydrogens is 278 g/mol. The van der Waals surface area contributed by atoms with Gasteiger partial charge in [-0.1, -0.05) is 13.0 Å². The highest BCUT2D eigenvalue weighted by molar-refractivity contribution is 7.09. The van der Waals surface area contributed by atoms with Gasteiger partial charge in [0.1, 0.15) is 0 Å². The standard InChI is InChI=1S/C17H23N3S/c1-2-8-18-11-14-7-9-19-12-17(14)20(15-5-6-15)13-16-4-3-10-21-16/h3-4,7,9-10,12,15,18H,2,5-6,8,11,13H2,1H3. The van der Waals surface area contributed by atoms with Gasteiger partial charge in [-0.3, -0.25) is 4.98 Å². The van der Waals surface area contributed by atoms with Crippen LogP contribution in [0.1, 0.15) is 36.6 Å². The van der Waals surface area contributed by atoms with E-state index in [1.54, 1.807) is 0 Å². The fourth-order valence-electron chi connectivity index (χ4n) is 2.59. The lowest BCUT2D eigenvalue weighted by molar-refractivity contribution is 0.670. The molecule has 0 bridgehead atoms. The van der Waals surface area contributed by atoms with E-state index in [2.05, 4.69) is 45.7 Å². The van der Waals surface area contributed by atoms with Crippen LogP contribution in [-0.4, -0.2) is 17.6 Å². The van der Waals surface area contributed by atoms with E-state index in [4.69, 9.17) is 0 Å². The molecular formula is C17H23N3S. The van der Waals surface area contributed by atoms with Gasteiger partial charge in [0, 0.05) is 23.7 Å². The Morgan fingerprint density at radius 3 is 3.00 bits per heavy atom. The molecule has 0 aromatic carbocycles. The summed E-state index contributed by atoms with van der Waals surface area (Å²) in [7, 11) is 0. The molecule has 0 radical (unpaired) electrons. The predicted octanol–water partition coefficient (Wildman–Crippen LogP) is 3.81. The van der Waals surface area contributed by atoms with Crippen molar-refractivity contribution in [2.75, 3.05) is 11.4 Å². The summed E-state index contributed by atoms with van der Waals surface area (Å²) in [5.41, 5.74) is 2.67. The van der Waals surface area contributed by atoms with Gasteiger partial charge in [-0.2, -0.15) is 0 Å². The zero-order valence-electron chi connectivity index (χ0n) is 12.6. The highest BCUT2D eigenvalue weighted by Crippen LogP contribution is 2.35. The molecule has 1 aliphatic carbocycles. The van der Waals surface area contributed by atoms with Crippen LogP contribution in [0.5, 0.6) is 0 Å². The van der Waals surface area contributed by atoms with E-state index in [9.17, 15) is 0 Å². The third kappa shape index (κ3) is 3.83. The Hall–Kier alpha value is -1.39. The summed E-state index contributed by atoms with van der Waals surface area (Å²) in [6, 6.07) is 7.21. The molecule has 21 heavy (non-hydrogen) atoms. The van der Waals surface area contributed by atoms with Crippen LogP contribution in [0.2, 0.25) is 0 Å². The van der Waals surface area contributed by atoms with Crippen molar-refractivity contribution in [1.82, 2.24) is 10.3 Å². The molecule has 0 atom stereocenters. The van der Waals surface area contributed by atoms with Gasteiger partial charge in [-0.05, 0) is 48.9 Å². The van der Waals surface area contributed by atoms with E-state index in [0.717, 1.165) is 19.6 Å². The average Bonchev–Trinajstić information content (AvgIpc) is 3.22. The zero-order chi connectivity index (χ0) is 14.5. The number of pyridine rings is 1. The quantitative estimate of drug-likeness (QED) is 0.751. The summed E-state index contributed by atoms with van der Waals surface area (Å²) in [6.07, 6.45) is 7.73. The molecule has 3 rings (SSSR count). The second kappa shape index (κ2) is 7.05. The molecule has 0 spiro atoms. The van der Waals surface area contributed by atoms with Gasteiger partial charge in [0.05, 0.1) is 18.4 Å². The first-order valence-electron chi connectivity index (χ1n) is 7.81. The van der Waals surface area contributed by atoms with Gasteiger partial charge in [-0.25, -0.2) is 0 Å². The van der Waals surface area contributed by atoms with E-state index in [1.807, 2.05) is 23.7 Å². The number of thiophene rings is 1. The molecule has 0 amide bonds. The number of aromatic nitrogens is 1. The van der Waals surface area contributed by atoms with Crippen molar-refractivity contribution in [3.8, 4) is 0 Å². The van der Waals surface area contributed by atoms with Crippen LogP contribution in [0.25, 0.3) is 0 Å². The maximum atomic E-state index is 4.37. The topological polar surface area (TPSA) is 28.2 Å². The molecule has 2 aromatic heterocycles. The van der Waals surface area contributed by atoms with Crippen LogP contribution in [0.4, 0.5) is 5.69 Å². The van der Waals surface area contributed by atoms with Gasteiger partial charge in [0.2, 0.25) is 0 Å². The minimum Gasteiger partial charge on any atom is -0.362 e. The van der Waals surface area contributed by atoms with Crippen molar-refractivity contribution < 1.29 is 0 Å². The monoisotopic (exact) mass is 301 g/mol. The van der Waals surface area contributed by atoms with Crippen LogP contribution >= 0.6 is 11.3 Å². The van der Waals surface area contributed by atoms with Gasteiger partial charge in [-0.15, -0.1) is 11.3 Å². The van der Waals surface area contributed by atoms with Gasteiger partial charge in [0.15, 0.2) is 0 Å². The van der Waals surface area contributed by atoms with Crippen molar-refractivity contribution >= 4 is 17.0 Å². The Balaban J connectivity index is 1.78. The fraction of sp³-hybridized carbons (Fsp3) is 0.471. The molecule has 0 aliphatic heterocycles. The van der Waals surface area contributed by atoms with E-state index >= 15 is 0 Å². The first kappa shape index (κ1) is 14.5. The molecule has 1 fully saturated rings. The highest BCUT2D eigenvalue weighted by atomic mass is 32.1. The summed E-state index contributed by atoms with van der Waals surface area (Å²) in [5, 5.41) is 5.67. The lowest BCUT2D eigenvalue weighted by Crippen LogP contribution is -2.27. The van der Waals surface area contributed by atoms with E-state index in [-0.39, 0.29) is 0 Å². The van der Waals surface area contributed by atoms with Gasteiger partial charge < -0.3 is 10.2 Å². The van der Waals surface area contributed by atoms with Crippen molar-refractivity contribution in [1.29, 1.82) is 0 Å². The fourth-order valence-corrected chi connectivity index (χ4v) is 3.29. The third-order valence-corrected chi connectivity index (χ3v) is 4.69. The third-order valence-electron chi connectivity index (χ3n) is 3.83. The maximum Gasteiger partial charge on any atom is 0.0604 e. The second-order valence-electron chi connectivity index (χ2n) is 5.62. The summed E-state index contributed by atoms with van der Waals surface area (Å²) in [4.78, 5) is 8.34. The molecule has 0 saturated heterocycles. The second-order valence-corrected chi connectivity index (χ2v) is 6.65. The van der Waals surface area contributed by atoms with E-state index < -0.39 is 0 Å². The lowest BCUT2D eigenvalue weighted by Gasteiger charge is -2.26. The summed E-state index contributed by atoms with van der Waals surface area (Å²) >= 11 is 1.84. The number of anilines is 1. The molecule has 4 heteroatoms. The first-order chi connectivity index (χ1) is 10.4. The predicted molar refractivity (Wildman–Crippen MR) is 89.8 cm³/mol. The van der Waals surface area contributed by atoms with Crippen LogP contribution in [0.3, 0.4) is 0 Å². The molecule has 1 N–H and O–H groups in total. The van der Waals surface area contributed by atoms with Crippen molar-refractivity contribution in [2.45, 2.75) is 45.3 Å². The van der Waals surface area contributed by atoms with E-state index in [1.165, 1.54) is 35.4 Å². The molecule has 2 aromatic rings. The SMILES string of the molecule is CCCNCc1ccncc1N(Cc1cccs1)C1CC1. The number of nitrogens with one attached hydrogen (secondary N) is 1. The maximum absolute atomic E-state index is 4.37. The summed E-state index contributed by atoms with van der Waals surface area (Å²) < 4.78 is 0. The Morgan fingerprint density at radius 2 is 2.29 bits per heavy atom. The van der Waals surface area contributed by atoms with Crippen LogP contribution in [0, 0.1) is 0 Å². The average molecular weight is 301 g/mol. The summed E-state index contributed by atoms with van der Waals surface area (Å²) in [5.74, 6) is 0. The Kier molecular flexibility index (Phi) is 4.88. The van der Waals surface area contributed by atoms with Crippen molar-refractivity contribution in [3.05, 3.63) is 46.4 Å². The number of nitrogens with zero attached hydrogens (tertiary/aromatic N) is 2. The van der Waals surface area contributed by atoms with E-state index in [0.29, 0.717) is 6.04 Å². The highest BCUT2D eigenvalue weighted by Gasteiger charge is 2.30. The van der Waals surface area contributed by atoms with Crippen LogP contribution in [-0.2, 0) is 13.1 Å². The Morgan fingerprint density at radius 1 is 1.38 bits per heavy atom. The van der Waals surface area contributed by atoms with Gasteiger partial charge >= 0.3 is 0 Å². The molecule has 112 valence electrons. The lowest BCUT2D eigenvalue weighted by atomic mass is 10.2. The Bertz CT molecular complexity index is 549. The van der Waals surface area contributed by atoms with Crippen LogP contribution < -0.4 is 10.2 Å². The first-order valence-corrected chi connectivity index (χ1v) is 8.69. The molecule has 0 unspecified atom stereocenters. The van der Waals surface area contributed by atoms with Crippen LogP contribution in [0.15, 0.2) is 36.0 Å². The van der Waals surface area contributed by atoms with Crippen molar-refractivity contribution in [2.24, 2.45) is 0 Å². The minimum atomic E-state index is 0.696. The molecule has 1 aliphatic rings. The minimum absolute atomic E-state index is 0.696. The number of hydrogen-bond donors (Lipinski definition) is 1. The number of rotatable bonds is 8. The van der Waals surface area contributed by atoms with Crippen molar-refractivity contribution in [3.63, 3.8) is 0 Å². The molecule has 1 saturated carbocycles. The molecule has 3 nitrogen and oxygen atoms in total. The smallest absolute Gasteiger partial charge is 0.0604 e. The zero-order valence-corrected chi connectivity index (χ0v) is 13.4. The summed E-state index contributed by atoms with van der Waals surface area (Å²) in [6.45, 7) is 5.21. The normalized spacial score (nSPS) is 14.3. The van der Waals surface area contributed by atoms with Gasteiger partial charge in [0.25, 0.3) is 0 Å². The Labute approximate surface area is 131 Å². The molecule has 2 heterocycles.